The molecule has 156 valence electrons. The number of carbonyl (C=O) groups is 4. The molecular weight excluding hydrogens is 386 g/mol. The van der Waals surface area contributed by atoms with Gasteiger partial charge in [-0.3, -0.25) is 19.2 Å². The first-order chi connectivity index (χ1) is 14.3. The fourth-order valence-corrected chi connectivity index (χ4v) is 2.45. The molecule has 0 aliphatic rings. The third-order valence-electron chi connectivity index (χ3n) is 3.88. The number of para-hydroxylation sites is 3. The Bertz CT molecular complexity index is 1000. The lowest BCUT2D eigenvalue weighted by molar-refractivity contribution is -0.136. The molecule has 0 spiro atoms. The van der Waals surface area contributed by atoms with Crippen molar-refractivity contribution in [2.24, 2.45) is 5.10 Å². The van der Waals surface area contributed by atoms with Crippen LogP contribution in [0.25, 0.3) is 0 Å². The van der Waals surface area contributed by atoms with E-state index in [0.29, 0.717) is 22.8 Å². The van der Waals surface area contributed by atoms with Crippen molar-refractivity contribution >= 4 is 46.4 Å². The monoisotopic (exact) mass is 409 g/mol. The Morgan fingerprint density at radius 1 is 0.767 bits per heavy atom. The van der Waals surface area contributed by atoms with E-state index >= 15 is 0 Å². The van der Waals surface area contributed by atoms with Gasteiger partial charge in [-0.1, -0.05) is 30.3 Å². The highest BCUT2D eigenvalue weighted by Crippen LogP contribution is 2.21. The molecule has 0 aliphatic heterocycles. The molecule has 0 unspecified atom stereocenters. The number of anilines is 3. The fraction of sp³-hybridized carbons (Fsp3) is 0.190. The molecule has 0 heterocycles. The number of rotatable bonds is 6. The number of carbonyl (C=O) groups excluding carboxylic acids is 4. The lowest BCUT2D eigenvalue weighted by Crippen LogP contribution is -2.33. The Morgan fingerprint density at radius 3 is 1.93 bits per heavy atom. The van der Waals surface area contributed by atoms with Crippen molar-refractivity contribution in [2.45, 2.75) is 27.2 Å². The summed E-state index contributed by atoms with van der Waals surface area (Å²) in [7, 11) is 0. The van der Waals surface area contributed by atoms with Gasteiger partial charge in [0.25, 0.3) is 0 Å². The van der Waals surface area contributed by atoms with Crippen molar-refractivity contribution in [3.05, 3.63) is 54.1 Å². The molecule has 2 aromatic rings. The predicted molar refractivity (Wildman–Crippen MR) is 115 cm³/mol. The molecule has 0 aliphatic carbocycles. The van der Waals surface area contributed by atoms with E-state index in [9.17, 15) is 19.2 Å². The number of amides is 4. The zero-order valence-electron chi connectivity index (χ0n) is 16.9. The van der Waals surface area contributed by atoms with Gasteiger partial charge in [0, 0.05) is 18.3 Å². The first-order valence-corrected chi connectivity index (χ1v) is 9.13. The minimum Gasteiger partial charge on any atom is -0.325 e. The van der Waals surface area contributed by atoms with Gasteiger partial charge < -0.3 is 16.0 Å². The lowest BCUT2D eigenvalue weighted by Gasteiger charge is -2.11. The average molecular weight is 409 g/mol. The zero-order chi connectivity index (χ0) is 22.1. The maximum atomic E-state index is 12.2. The molecule has 0 fully saturated rings. The first kappa shape index (κ1) is 22.3. The molecule has 0 atom stereocenters. The summed E-state index contributed by atoms with van der Waals surface area (Å²) in [4.78, 5) is 47.3. The van der Waals surface area contributed by atoms with E-state index in [1.165, 1.54) is 6.92 Å². The van der Waals surface area contributed by atoms with Gasteiger partial charge in [-0.15, -0.1) is 0 Å². The third-order valence-corrected chi connectivity index (χ3v) is 3.88. The van der Waals surface area contributed by atoms with Crippen LogP contribution in [0.15, 0.2) is 53.6 Å². The molecule has 4 N–H and O–H groups in total. The van der Waals surface area contributed by atoms with Crippen molar-refractivity contribution in [3.8, 4) is 0 Å². The van der Waals surface area contributed by atoms with Crippen LogP contribution in [0.1, 0.15) is 25.8 Å². The fourth-order valence-electron chi connectivity index (χ4n) is 2.45. The third kappa shape index (κ3) is 6.86. The zero-order valence-corrected chi connectivity index (χ0v) is 16.9. The Kier molecular flexibility index (Phi) is 7.81. The smallest absolute Gasteiger partial charge is 0.325 e. The normalized spacial score (nSPS) is 10.7. The van der Waals surface area contributed by atoms with Gasteiger partial charge in [0.1, 0.15) is 0 Å². The molecule has 4 amide bonds. The van der Waals surface area contributed by atoms with Gasteiger partial charge in [-0.05, 0) is 37.6 Å². The molecule has 2 rings (SSSR count). The van der Waals surface area contributed by atoms with E-state index < -0.39 is 17.7 Å². The standard InChI is InChI=1S/C21H23N5O4/c1-13-8-4-5-9-16(13)24-20(29)21(30)26-25-14(2)12-19(28)23-18-11-7-6-10-17(18)22-15(3)27/h4-11H,12H2,1-3H3,(H,22,27)(H,23,28)(H,24,29)(H,26,30). The van der Waals surface area contributed by atoms with Gasteiger partial charge >= 0.3 is 11.8 Å². The van der Waals surface area contributed by atoms with Crippen LogP contribution in [0.5, 0.6) is 0 Å². The molecule has 9 heteroatoms. The quantitative estimate of drug-likeness (QED) is 0.332. The Balaban J connectivity index is 1.89. The maximum Gasteiger partial charge on any atom is 0.329 e. The topological polar surface area (TPSA) is 129 Å². The summed E-state index contributed by atoms with van der Waals surface area (Å²) in [5, 5.41) is 11.6. The summed E-state index contributed by atoms with van der Waals surface area (Å²) in [6.45, 7) is 4.71. The molecular formula is C21H23N5O4. The summed E-state index contributed by atoms with van der Waals surface area (Å²) in [6, 6.07) is 13.8. The molecule has 2 aromatic carbocycles. The van der Waals surface area contributed by atoms with Crippen molar-refractivity contribution in [3.63, 3.8) is 0 Å². The van der Waals surface area contributed by atoms with Crippen molar-refractivity contribution in [1.82, 2.24) is 5.43 Å². The second kappa shape index (κ2) is 10.5. The van der Waals surface area contributed by atoms with Crippen LogP contribution >= 0.6 is 0 Å². The number of hydrazone groups is 1. The summed E-state index contributed by atoms with van der Waals surface area (Å²) in [6.07, 6.45) is -0.117. The second-order valence-corrected chi connectivity index (χ2v) is 6.51. The number of benzene rings is 2. The first-order valence-electron chi connectivity index (χ1n) is 9.13. The van der Waals surface area contributed by atoms with E-state index in [0.717, 1.165) is 5.56 Å². The maximum absolute atomic E-state index is 12.2. The van der Waals surface area contributed by atoms with Crippen LogP contribution < -0.4 is 21.4 Å². The number of hydrogen-bond donors (Lipinski definition) is 4. The van der Waals surface area contributed by atoms with Crippen molar-refractivity contribution in [2.75, 3.05) is 16.0 Å². The Hall–Kier alpha value is -4.01. The summed E-state index contributed by atoms with van der Waals surface area (Å²) in [5.41, 5.74) is 4.66. The van der Waals surface area contributed by atoms with Gasteiger partial charge in [0.15, 0.2) is 0 Å². The van der Waals surface area contributed by atoms with E-state index in [1.807, 2.05) is 6.07 Å². The summed E-state index contributed by atoms with van der Waals surface area (Å²) in [5.74, 6) is -2.47. The van der Waals surface area contributed by atoms with E-state index in [2.05, 4.69) is 26.5 Å². The lowest BCUT2D eigenvalue weighted by atomic mass is 10.2. The highest BCUT2D eigenvalue weighted by molar-refractivity contribution is 6.39. The Morgan fingerprint density at radius 2 is 1.33 bits per heavy atom. The molecule has 0 radical (unpaired) electrons. The SMILES string of the molecule is CC(=O)Nc1ccccc1NC(=O)CC(C)=NNC(=O)C(=O)Nc1ccccc1C. The second-order valence-electron chi connectivity index (χ2n) is 6.51. The van der Waals surface area contributed by atoms with Crippen LogP contribution in [0, 0.1) is 6.92 Å². The Labute approximate surface area is 173 Å². The van der Waals surface area contributed by atoms with Crippen molar-refractivity contribution < 1.29 is 19.2 Å². The van der Waals surface area contributed by atoms with Crippen LogP contribution in [0.2, 0.25) is 0 Å². The molecule has 0 aromatic heterocycles. The molecule has 0 saturated carbocycles. The van der Waals surface area contributed by atoms with Crippen LogP contribution in [-0.4, -0.2) is 29.3 Å². The van der Waals surface area contributed by atoms with Gasteiger partial charge in [-0.25, -0.2) is 5.43 Å². The summed E-state index contributed by atoms with van der Waals surface area (Å²) >= 11 is 0. The largest absolute Gasteiger partial charge is 0.329 e. The number of aryl methyl sites for hydroxylation is 1. The van der Waals surface area contributed by atoms with Gasteiger partial charge in [0.2, 0.25) is 11.8 Å². The van der Waals surface area contributed by atoms with Crippen LogP contribution in [0.3, 0.4) is 0 Å². The van der Waals surface area contributed by atoms with E-state index in [-0.39, 0.29) is 12.3 Å². The predicted octanol–water partition coefficient (Wildman–Crippen LogP) is 2.41. The average Bonchev–Trinajstić information content (AvgIpc) is 2.69. The number of hydrogen-bond acceptors (Lipinski definition) is 5. The molecule has 0 saturated heterocycles. The minimum atomic E-state index is -0.950. The molecule has 9 nitrogen and oxygen atoms in total. The van der Waals surface area contributed by atoms with Crippen LogP contribution in [0.4, 0.5) is 17.1 Å². The number of nitrogens with zero attached hydrogens (tertiary/aromatic N) is 1. The highest BCUT2D eigenvalue weighted by Gasteiger charge is 2.14. The van der Waals surface area contributed by atoms with Gasteiger partial charge in [0.05, 0.1) is 17.8 Å². The van der Waals surface area contributed by atoms with Crippen LogP contribution in [-0.2, 0) is 19.2 Å². The molecule has 0 bridgehead atoms. The van der Waals surface area contributed by atoms with E-state index in [4.69, 9.17) is 0 Å². The minimum absolute atomic E-state index is 0.117. The molecule has 30 heavy (non-hydrogen) atoms. The van der Waals surface area contributed by atoms with Gasteiger partial charge in [-0.2, -0.15) is 5.10 Å². The summed E-state index contributed by atoms with van der Waals surface area (Å²) < 4.78 is 0. The van der Waals surface area contributed by atoms with Crippen molar-refractivity contribution in [1.29, 1.82) is 0 Å². The number of nitrogens with one attached hydrogen (secondary N) is 4. The highest BCUT2D eigenvalue weighted by atomic mass is 16.2. The van der Waals surface area contributed by atoms with E-state index in [1.54, 1.807) is 56.3 Å².